The van der Waals surface area contributed by atoms with Gasteiger partial charge >= 0.3 is 6.18 Å². The first-order chi connectivity index (χ1) is 26.3. The fraction of sp³-hybridized carbons (Fsp3) is 0.486. The molecule has 1 atom stereocenters. The van der Waals surface area contributed by atoms with Crippen molar-refractivity contribution in [2.75, 3.05) is 49.6 Å². The zero-order chi connectivity index (χ0) is 38.6. The summed E-state index contributed by atoms with van der Waals surface area (Å²) in [7, 11) is 0. The van der Waals surface area contributed by atoms with Crippen molar-refractivity contribution in [1.82, 2.24) is 34.0 Å². The van der Waals surface area contributed by atoms with Gasteiger partial charge in [-0.05, 0) is 74.6 Å². The van der Waals surface area contributed by atoms with E-state index in [4.69, 9.17) is 21.3 Å². The number of nitrogens with one attached hydrogen (secondary N) is 1. The number of rotatable bonds is 6. The highest BCUT2D eigenvalue weighted by molar-refractivity contribution is 6.33. The summed E-state index contributed by atoms with van der Waals surface area (Å²) in [5.41, 5.74) is -0.120. The summed E-state index contributed by atoms with van der Waals surface area (Å²) in [4.78, 5) is 58.8. The second-order valence-corrected chi connectivity index (χ2v) is 15.1. The molecule has 290 valence electrons. The first kappa shape index (κ1) is 36.9. The Morgan fingerprint density at radius 1 is 1.11 bits per heavy atom. The lowest BCUT2D eigenvalue weighted by molar-refractivity contribution is -0.137. The van der Waals surface area contributed by atoms with Crippen LogP contribution < -0.4 is 15.8 Å². The Bertz CT molecular complexity index is 2280. The number of aromatic nitrogens is 6. The molecule has 2 amide bonds. The molecule has 2 N–H and O–H groups in total. The smallest absolute Gasteiger partial charge is 0.416 e. The van der Waals surface area contributed by atoms with Crippen molar-refractivity contribution >= 4 is 46.3 Å². The van der Waals surface area contributed by atoms with Crippen molar-refractivity contribution < 1.29 is 32.6 Å². The number of halogens is 4. The lowest BCUT2D eigenvalue weighted by atomic mass is 9.73. The van der Waals surface area contributed by atoms with Crippen LogP contribution in [0.2, 0.25) is 5.02 Å². The van der Waals surface area contributed by atoms with E-state index in [0.717, 1.165) is 56.1 Å². The Balaban J connectivity index is 1.12. The van der Waals surface area contributed by atoms with Crippen LogP contribution in [0.3, 0.4) is 0 Å². The van der Waals surface area contributed by atoms with Gasteiger partial charge in [-0.25, -0.2) is 9.97 Å². The maximum absolute atomic E-state index is 14.5. The SMILES string of the molecule is CC1CC2(CCN(C(=O)c3ncnc(N4CCCCC4)c3O)CC2)c2c1n(CC(=O)Nc1ccc(C(F)(F)F)cc1Cl)c1nc(C3=CCOCC3)nn1c2=O. The molecule has 6 heterocycles. The highest BCUT2D eigenvalue weighted by Gasteiger charge is 2.49. The van der Waals surface area contributed by atoms with E-state index in [1.54, 1.807) is 9.47 Å². The molecule has 0 radical (unpaired) electrons. The Kier molecular flexibility index (Phi) is 9.56. The number of piperidine rings is 2. The van der Waals surface area contributed by atoms with Gasteiger partial charge in [0.1, 0.15) is 12.9 Å². The maximum atomic E-state index is 14.5. The summed E-state index contributed by atoms with van der Waals surface area (Å²) in [5.74, 6) is -0.624. The Hall–Kier alpha value is -5.03. The molecule has 18 heteroatoms. The standard InChI is InChI=1S/C37H39ClF3N9O5/c1-21-18-36(9-13-48(14-10-36)34(54)28-30(52)32(43-20-42-28)47-11-3-2-4-12-47)27-29(21)49(19-26(51)44-25-6-5-23(17-24(25)38)37(39,40)41)35-45-31(46-50(35)33(27)53)22-7-15-55-16-8-22/h5-7,17,20-21,52H,2-4,8-16,18-19H2,1H3,(H,44,51). The maximum Gasteiger partial charge on any atom is 0.416 e. The number of amides is 2. The molecule has 8 rings (SSSR count). The van der Waals surface area contributed by atoms with E-state index < -0.39 is 29.0 Å². The van der Waals surface area contributed by atoms with Gasteiger partial charge in [0.2, 0.25) is 11.7 Å². The molecule has 0 bridgehead atoms. The molecule has 1 aromatic carbocycles. The number of alkyl halides is 3. The van der Waals surface area contributed by atoms with E-state index in [0.29, 0.717) is 61.8 Å². The van der Waals surface area contributed by atoms with E-state index >= 15 is 0 Å². The molecule has 3 aromatic heterocycles. The number of fused-ring (bicyclic) bond motifs is 3. The predicted molar refractivity (Wildman–Crippen MR) is 195 cm³/mol. The Morgan fingerprint density at radius 3 is 2.56 bits per heavy atom. The van der Waals surface area contributed by atoms with Gasteiger partial charge in [0.05, 0.1) is 29.5 Å². The zero-order valence-electron chi connectivity index (χ0n) is 30.0. The van der Waals surface area contributed by atoms with Crippen molar-refractivity contribution in [3.63, 3.8) is 0 Å². The average Bonchev–Trinajstić information content (AvgIpc) is 3.75. The largest absolute Gasteiger partial charge is 0.503 e. The number of carbonyl (C=O) groups excluding carboxylic acids is 2. The van der Waals surface area contributed by atoms with Crippen molar-refractivity contribution in [2.24, 2.45) is 0 Å². The molecule has 1 spiro atoms. The van der Waals surface area contributed by atoms with Gasteiger partial charge < -0.3 is 29.5 Å². The number of likely N-dealkylation sites (tertiary alicyclic amines) is 1. The lowest BCUT2D eigenvalue weighted by Gasteiger charge is -2.39. The highest BCUT2D eigenvalue weighted by Crippen LogP contribution is 2.50. The zero-order valence-corrected chi connectivity index (χ0v) is 30.8. The van der Waals surface area contributed by atoms with E-state index in [1.807, 2.05) is 17.9 Å². The summed E-state index contributed by atoms with van der Waals surface area (Å²) < 4.78 is 48.2. The van der Waals surface area contributed by atoms with E-state index in [1.165, 1.54) is 10.8 Å². The first-order valence-corrected chi connectivity index (χ1v) is 18.8. The molecule has 4 aliphatic rings. The third-order valence-corrected chi connectivity index (χ3v) is 11.6. The highest BCUT2D eigenvalue weighted by atomic mass is 35.5. The molecule has 2 fully saturated rings. The van der Waals surface area contributed by atoms with Crippen molar-refractivity contribution in [3.8, 4) is 5.75 Å². The van der Waals surface area contributed by atoms with Crippen LogP contribution in [0.1, 0.15) is 90.9 Å². The molecule has 2 saturated heterocycles. The fourth-order valence-corrected chi connectivity index (χ4v) is 8.85. The summed E-state index contributed by atoms with van der Waals surface area (Å²) in [6.07, 6.45) is 3.53. The van der Waals surface area contributed by atoms with Crippen LogP contribution in [0.4, 0.5) is 24.7 Å². The molecule has 14 nitrogen and oxygen atoms in total. The minimum absolute atomic E-state index is 0.00206. The monoisotopic (exact) mass is 781 g/mol. The molecule has 55 heavy (non-hydrogen) atoms. The predicted octanol–water partition coefficient (Wildman–Crippen LogP) is 5.17. The number of anilines is 2. The fourth-order valence-electron chi connectivity index (χ4n) is 8.62. The van der Waals surface area contributed by atoms with Crippen LogP contribution in [0.5, 0.6) is 5.75 Å². The van der Waals surface area contributed by atoms with Gasteiger partial charge in [0, 0.05) is 42.9 Å². The molecule has 1 unspecified atom stereocenters. The molecular formula is C37H39ClF3N9O5. The van der Waals surface area contributed by atoms with E-state index in [2.05, 4.69) is 20.4 Å². The third kappa shape index (κ3) is 6.70. The summed E-state index contributed by atoms with van der Waals surface area (Å²) >= 11 is 6.17. The van der Waals surface area contributed by atoms with Gasteiger partial charge in [-0.15, -0.1) is 5.10 Å². The van der Waals surface area contributed by atoms with Crippen LogP contribution in [-0.2, 0) is 27.7 Å². The molecule has 0 saturated carbocycles. The second-order valence-electron chi connectivity index (χ2n) is 14.7. The number of ether oxygens (including phenoxy) is 1. The lowest BCUT2D eigenvalue weighted by Crippen LogP contribution is -2.47. The van der Waals surface area contributed by atoms with Crippen molar-refractivity contribution in [3.05, 3.63) is 74.3 Å². The molecule has 3 aliphatic heterocycles. The number of carbonyl (C=O) groups is 2. The van der Waals surface area contributed by atoms with Gasteiger partial charge in [-0.1, -0.05) is 24.6 Å². The van der Waals surface area contributed by atoms with E-state index in [9.17, 15) is 32.7 Å². The van der Waals surface area contributed by atoms with Crippen LogP contribution >= 0.6 is 11.6 Å². The van der Waals surface area contributed by atoms with Crippen molar-refractivity contribution in [1.29, 1.82) is 0 Å². The van der Waals surface area contributed by atoms with Crippen molar-refractivity contribution in [2.45, 2.75) is 75.9 Å². The quantitative estimate of drug-likeness (QED) is 0.267. The van der Waals surface area contributed by atoms with E-state index in [-0.39, 0.29) is 59.0 Å². The number of hydrogen-bond donors (Lipinski definition) is 2. The number of hydrogen-bond acceptors (Lipinski definition) is 10. The topological polar surface area (TPSA) is 160 Å². The first-order valence-electron chi connectivity index (χ1n) is 18.4. The van der Waals surface area contributed by atoms with Gasteiger partial charge in [-0.3, -0.25) is 14.4 Å². The van der Waals surface area contributed by atoms with Gasteiger partial charge in [0.25, 0.3) is 11.5 Å². The normalized spacial score (nSPS) is 19.8. The van der Waals surface area contributed by atoms with Crippen LogP contribution in [-0.4, -0.2) is 90.3 Å². The molecule has 4 aromatic rings. The summed E-state index contributed by atoms with van der Waals surface area (Å²) in [6.45, 7) is 4.50. The molecule has 1 aliphatic carbocycles. The third-order valence-electron chi connectivity index (χ3n) is 11.3. The summed E-state index contributed by atoms with van der Waals surface area (Å²) in [5, 5.41) is 18.1. The Morgan fingerprint density at radius 2 is 1.87 bits per heavy atom. The van der Waals surface area contributed by atoms with Crippen LogP contribution in [0, 0.1) is 0 Å². The molecular weight excluding hydrogens is 743 g/mol. The Labute approximate surface area is 318 Å². The summed E-state index contributed by atoms with van der Waals surface area (Å²) in [6, 6.07) is 2.69. The minimum Gasteiger partial charge on any atom is -0.503 e. The van der Waals surface area contributed by atoms with Crippen LogP contribution in [0.25, 0.3) is 11.4 Å². The number of aromatic hydroxyl groups is 1. The average molecular weight is 782 g/mol. The number of nitrogens with zero attached hydrogens (tertiary/aromatic N) is 8. The van der Waals surface area contributed by atoms with Gasteiger partial charge in [-0.2, -0.15) is 22.7 Å². The minimum atomic E-state index is -4.61. The second kappa shape index (κ2) is 14.2. The van der Waals surface area contributed by atoms with Gasteiger partial charge in [0.15, 0.2) is 23.1 Å². The van der Waals surface area contributed by atoms with Crippen LogP contribution in [0.15, 0.2) is 35.4 Å². The number of benzene rings is 1.